The van der Waals surface area contributed by atoms with Crippen molar-refractivity contribution in [3.05, 3.63) is 91.0 Å². The van der Waals surface area contributed by atoms with Gasteiger partial charge in [-0.1, -0.05) is 64.8 Å². The quantitative estimate of drug-likeness (QED) is 0.514. The maximum Gasteiger partial charge on any atom is 0.288 e. The summed E-state index contributed by atoms with van der Waals surface area (Å²) in [4.78, 5) is 0. The van der Waals surface area contributed by atoms with Crippen molar-refractivity contribution in [2.45, 2.75) is 0 Å². The second kappa shape index (κ2) is 9.68. The smallest absolute Gasteiger partial charge is 0.288 e. The van der Waals surface area contributed by atoms with Gasteiger partial charge in [0.25, 0.3) is 6.34 Å². The van der Waals surface area contributed by atoms with Crippen LogP contribution in [-0.4, -0.2) is 11.0 Å². The number of hydrogen-bond acceptors (Lipinski definition) is 3. The zero-order valence-corrected chi connectivity index (χ0v) is 15.8. The molecular weight excluding hydrogens is 369 g/mol. The van der Waals surface area contributed by atoms with Gasteiger partial charge in [0.2, 0.25) is 0 Å². The first-order valence-corrected chi connectivity index (χ1v) is 7.57. The Kier molecular flexibility index (Phi) is 7.93. The average molecular weight is 390 g/mol. The highest BCUT2D eigenvalue weighted by Gasteiger charge is 2.32. The van der Waals surface area contributed by atoms with Crippen LogP contribution in [0.5, 0.6) is 0 Å². The number of hydrazine groups is 3. The molecule has 0 atom stereocenters. The van der Waals surface area contributed by atoms with E-state index in [1.807, 2.05) is 66.1 Å². The number of hydrogen-bond donors (Lipinski definition) is 2. The minimum atomic E-state index is 0. The SMILES string of the molecule is C1=[N+](c2ccccc2)N(c2ccccc2)N(c2ccccc2)N1.[Cl-].[Cl-].[NH4+]. The van der Waals surface area contributed by atoms with E-state index >= 15 is 0 Å². The topological polar surface area (TPSA) is 58.0 Å². The van der Waals surface area contributed by atoms with Crippen molar-refractivity contribution in [2.24, 2.45) is 0 Å². The highest BCUT2D eigenvalue weighted by molar-refractivity contribution is 5.66. The summed E-state index contributed by atoms with van der Waals surface area (Å²) in [6.45, 7) is 0. The summed E-state index contributed by atoms with van der Waals surface area (Å²) in [6, 6.07) is 30.8. The van der Waals surface area contributed by atoms with E-state index in [0.29, 0.717) is 0 Å². The summed E-state index contributed by atoms with van der Waals surface area (Å²) >= 11 is 0. The molecule has 3 aromatic carbocycles. The molecule has 0 radical (unpaired) electrons. The summed E-state index contributed by atoms with van der Waals surface area (Å²) < 4.78 is 2.09. The Morgan fingerprint density at radius 1 is 0.615 bits per heavy atom. The standard InChI is InChI=1S/C19H16N4.2ClH.H3N/c1-4-10-17(11-5-1)21-16-20-22(18-12-6-2-7-13-18)23(21)19-14-8-3-9-15-19;;;/h1-16H;2*1H;1H3. The maximum atomic E-state index is 3.33. The number of rotatable bonds is 3. The number of halogens is 2. The molecule has 0 saturated heterocycles. The molecule has 5 N–H and O–H groups in total. The number of nitrogens with one attached hydrogen (secondary N) is 1. The summed E-state index contributed by atoms with van der Waals surface area (Å²) in [5.41, 5.74) is 6.55. The molecule has 5 nitrogen and oxygen atoms in total. The first-order valence-electron chi connectivity index (χ1n) is 7.57. The first-order chi connectivity index (χ1) is 11.4. The normalized spacial score (nSPS) is 12.1. The lowest BCUT2D eigenvalue weighted by atomic mass is 10.3. The van der Waals surface area contributed by atoms with Crippen molar-refractivity contribution >= 4 is 23.4 Å². The monoisotopic (exact) mass is 389 g/mol. The van der Waals surface area contributed by atoms with Crippen molar-refractivity contribution in [2.75, 3.05) is 10.2 Å². The average Bonchev–Trinajstić information content (AvgIpc) is 3.09. The summed E-state index contributed by atoms with van der Waals surface area (Å²) in [7, 11) is 0. The van der Waals surface area contributed by atoms with E-state index in [2.05, 4.69) is 51.6 Å². The third kappa shape index (κ3) is 4.08. The van der Waals surface area contributed by atoms with E-state index in [1.54, 1.807) is 0 Å². The van der Waals surface area contributed by atoms with E-state index in [9.17, 15) is 0 Å². The number of anilines is 2. The molecule has 26 heavy (non-hydrogen) atoms. The van der Waals surface area contributed by atoms with Crippen LogP contribution in [0, 0.1) is 0 Å². The molecule has 1 aliphatic heterocycles. The Morgan fingerprint density at radius 2 is 1.08 bits per heavy atom. The van der Waals surface area contributed by atoms with Gasteiger partial charge in [-0.15, -0.1) is 4.68 Å². The lowest BCUT2D eigenvalue weighted by Crippen LogP contribution is -3.00. The van der Waals surface area contributed by atoms with Crippen LogP contribution in [0.4, 0.5) is 17.1 Å². The van der Waals surface area contributed by atoms with E-state index in [1.165, 1.54) is 0 Å². The molecule has 7 heteroatoms. The van der Waals surface area contributed by atoms with Crippen molar-refractivity contribution < 1.29 is 29.5 Å². The predicted molar refractivity (Wildman–Crippen MR) is 99.4 cm³/mol. The van der Waals surface area contributed by atoms with Crippen molar-refractivity contribution in [3.63, 3.8) is 0 Å². The minimum Gasteiger partial charge on any atom is -1.00 e. The van der Waals surface area contributed by atoms with Crippen LogP contribution in [0.3, 0.4) is 0 Å². The predicted octanol–water partition coefficient (Wildman–Crippen LogP) is -1.90. The van der Waals surface area contributed by atoms with Crippen molar-refractivity contribution in [3.8, 4) is 0 Å². The van der Waals surface area contributed by atoms with Crippen LogP contribution < -0.4 is 46.6 Å². The van der Waals surface area contributed by atoms with Crippen LogP contribution >= 0.6 is 0 Å². The molecule has 1 aliphatic rings. The van der Waals surface area contributed by atoms with Crippen LogP contribution in [0.25, 0.3) is 0 Å². The molecule has 4 rings (SSSR count). The number of hydrazone groups is 1. The summed E-state index contributed by atoms with van der Waals surface area (Å²) in [5, 5.41) is 4.12. The van der Waals surface area contributed by atoms with E-state index in [4.69, 9.17) is 0 Å². The van der Waals surface area contributed by atoms with Crippen molar-refractivity contribution in [1.29, 1.82) is 0 Å². The first kappa shape index (κ1) is 21.3. The van der Waals surface area contributed by atoms with Crippen LogP contribution in [0.15, 0.2) is 91.0 Å². The van der Waals surface area contributed by atoms with Crippen LogP contribution in [0.1, 0.15) is 0 Å². The summed E-state index contributed by atoms with van der Waals surface area (Å²) in [5.74, 6) is 0. The van der Waals surface area contributed by atoms with Crippen molar-refractivity contribution in [1.82, 2.24) is 11.6 Å². The second-order valence-electron chi connectivity index (χ2n) is 5.21. The van der Waals surface area contributed by atoms with Gasteiger partial charge in [-0.2, -0.15) is 5.43 Å². The van der Waals surface area contributed by atoms with E-state index in [0.717, 1.165) is 17.1 Å². The molecule has 3 aromatic rings. The molecule has 0 fully saturated rings. The Balaban J connectivity index is 0.00000113. The molecule has 0 spiro atoms. The highest BCUT2D eigenvalue weighted by Crippen LogP contribution is 2.27. The zero-order valence-electron chi connectivity index (χ0n) is 14.3. The van der Waals surface area contributed by atoms with Gasteiger partial charge < -0.3 is 31.0 Å². The van der Waals surface area contributed by atoms with Gasteiger partial charge in [-0.3, -0.25) is 0 Å². The Bertz CT molecular complexity index is 813. The van der Waals surface area contributed by atoms with Gasteiger partial charge in [0.1, 0.15) is 11.4 Å². The third-order valence-electron chi connectivity index (χ3n) is 3.70. The lowest BCUT2D eigenvalue weighted by Gasteiger charge is -2.26. The Hall–Kier alpha value is -2.73. The van der Waals surface area contributed by atoms with E-state index in [-0.39, 0.29) is 31.0 Å². The number of quaternary nitrogens is 1. The third-order valence-corrected chi connectivity index (χ3v) is 3.70. The fourth-order valence-corrected chi connectivity index (χ4v) is 2.63. The molecule has 0 aromatic heterocycles. The maximum absolute atomic E-state index is 3.33. The van der Waals surface area contributed by atoms with E-state index < -0.39 is 0 Å². The molecule has 1 heterocycles. The van der Waals surface area contributed by atoms with Gasteiger partial charge in [0.15, 0.2) is 5.69 Å². The lowest BCUT2D eigenvalue weighted by molar-refractivity contribution is -0.444. The fourth-order valence-electron chi connectivity index (χ4n) is 2.63. The van der Waals surface area contributed by atoms with Gasteiger partial charge in [-0.25, -0.2) is 0 Å². The Morgan fingerprint density at radius 3 is 1.62 bits per heavy atom. The molecular formula is C19H21Cl2N5. The molecule has 0 aliphatic carbocycles. The largest absolute Gasteiger partial charge is 1.00 e. The van der Waals surface area contributed by atoms with Gasteiger partial charge in [0.05, 0.1) is 0 Å². The highest BCUT2D eigenvalue weighted by atomic mass is 35.5. The number of para-hydroxylation sites is 3. The molecule has 136 valence electrons. The molecule has 0 unspecified atom stereocenters. The molecule has 0 amide bonds. The van der Waals surface area contributed by atoms with Gasteiger partial charge in [-0.05, 0) is 36.4 Å². The van der Waals surface area contributed by atoms with Gasteiger partial charge in [0, 0.05) is 0 Å². The molecule has 0 bridgehead atoms. The second-order valence-corrected chi connectivity index (χ2v) is 5.21. The van der Waals surface area contributed by atoms with Crippen LogP contribution in [0.2, 0.25) is 0 Å². The number of benzene rings is 3. The summed E-state index contributed by atoms with van der Waals surface area (Å²) in [6.07, 6.45) is 1.95. The van der Waals surface area contributed by atoms with Gasteiger partial charge >= 0.3 is 0 Å². The minimum absolute atomic E-state index is 0. The zero-order chi connectivity index (χ0) is 15.5. The Labute approximate surface area is 165 Å². The fraction of sp³-hybridized carbons (Fsp3) is 0. The molecule has 0 saturated carbocycles. The number of nitrogens with zero attached hydrogens (tertiary/aromatic N) is 3. The van der Waals surface area contributed by atoms with Crippen LogP contribution in [-0.2, 0) is 0 Å².